The maximum absolute atomic E-state index is 12.5. The van der Waals surface area contributed by atoms with E-state index in [0.29, 0.717) is 12.8 Å². The number of unbranched alkanes of at least 4 members (excludes halogenated alkanes) is 12. The standard InChI is InChI=1S/C37H66NO8P/c1-3-5-7-9-11-13-15-16-17-18-20-21-23-25-27-29-36(39)43-33-35(34-45-47(41,42)44-32-31-38)46-37(40)30-28-26-24-22-19-14-12-10-8-6-4-2/h10-13,16-17,20-21,35H,3-9,14-15,18-19,22-34,38H2,1-2H3,(H,41,42). The van der Waals surface area contributed by atoms with Gasteiger partial charge in [-0.05, 0) is 70.6 Å². The molecular formula is C37H66NO8P. The summed E-state index contributed by atoms with van der Waals surface area (Å²) < 4.78 is 32.5. The number of allylic oxidation sites excluding steroid dienone is 8. The van der Waals surface area contributed by atoms with E-state index in [0.717, 1.165) is 70.6 Å². The number of phosphoric acid groups is 1. The van der Waals surface area contributed by atoms with Gasteiger partial charge in [0.15, 0.2) is 6.10 Å². The van der Waals surface area contributed by atoms with Gasteiger partial charge in [-0.1, -0.05) is 107 Å². The average Bonchev–Trinajstić information content (AvgIpc) is 3.05. The Hall–Kier alpha value is -2.03. The number of rotatable bonds is 33. The van der Waals surface area contributed by atoms with E-state index in [4.69, 9.17) is 24.3 Å². The first kappa shape index (κ1) is 45.0. The SMILES string of the molecule is CCCCC=CCCCCCCCC(=O)OC(COC(=O)CCCCC=CCC=CCC=CCCCCC)COP(=O)(O)OCCN. The van der Waals surface area contributed by atoms with Crippen LogP contribution in [0.2, 0.25) is 0 Å². The Balaban J connectivity index is 4.34. The topological polar surface area (TPSA) is 134 Å². The number of carbonyl (C=O) groups is 2. The van der Waals surface area contributed by atoms with Gasteiger partial charge in [0, 0.05) is 19.4 Å². The zero-order valence-corrected chi connectivity index (χ0v) is 30.4. The lowest BCUT2D eigenvalue weighted by atomic mass is 10.1. The fourth-order valence-corrected chi connectivity index (χ4v) is 5.21. The summed E-state index contributed by atoms with van der Waals surface area (Å²) in [5.41, 5.74) is 5.32. The molecule has 0 saturated carbocycles. The molecule has 272 valence electrons. The summed E-state index contributed by atoms with van der Waals surface area (Å²) in [5, 5.41) is 0. The van der Waals surface area contributed by atoms with E-state index < -0.39 is 32.5 Å². The summed E-state index contributed by atoms with van der Waals surface area (Å²) in [6.07, 6.45) is 35.7. The Labute approximate surface area is 286 Å². The van der Waals surface area contributed by atoms with Crippen LogP contribution in [0, 0.1) is 0 Å². The van der Waals surface area contributed by atoms with E-state index in [-0.39, 0.29) is 32.6 Å². The third-order valence-corrected chi connectivity index (χ3v) is 8.17. The van der Waals surface area contributed by atoms with Crippen LogP contribution in [0.25, 0.3) is 0 Å². The van der Waals surface area contributed by atoms with Crippen LogP contribution in [0.15, 0.2) is 48.6 Å². The van der Waals surface area contributed by atoms with Crippen molar-refractivity contribution in [2.75, 3.05) is 26.4 Å². The second-order valence-electron chi connectivity index (χ2n) is 11.7. The van der Waals surface area contributed by atoms with Gasteiger partial charge in [0.05, 0.1) is 13.2 Å². The molecule has 0 aliphatic carbocycles. The predicted molar refractivity (Wildman–Crippen MR) is 192 cm³/mol. The minimum atomic E-state index is -4.38. The number of hydrogen-bond donors (Lipinski definition) is 2. The van der Waals surface area contributed by atoms with Gasteiger partial charge in [0.25, 0.3) is 0 Å². The quantitative estimate of drug-likeness (QED) is 0.0300. The minimum absolute atomic E-state index is 0.0452. The van der Waals surface area contributed by atoms with Crippen molar-refractivity contribution in [1.82, 2.24) is 0 Å². The van der Waals surface area contributed by atoms with Crippen molar-refractivity contribution in [3.63, 3.8) is 0 Å². The van der Waals surface area contributed by atoms with Crippen molar-refractivity contribution in [3.8, 4) is 0 Å². The first-order valence-corrected chi connectivity index (χ1v) is 19.6. The second-order valence-corrected chi connectivity index (χ2v) is 13.2. The monoisotopic (exact) mass is 683 g/mol. The van der Waals surface area contributed by atoms with Crippen LogP contribution in [0.4, 0.5) is 0 Å². The molecule has 3 N–H and O–H groups in total. The number of esters is 2. The number of carbonyl (C=O) groups excluding carboxylic acids is 2. The number of hydrogen-bond acceptors (Lipinski definition) is 8. The Bertz CT molecular complexity index is 918. The van der Waals surface area contributed by atoms with Crippen molar-refractivity contribution in [1.29, 1.82) is 0 Å². The lowest BCUT2D eigenvalue weighted by Gasteiger charge is -2.19. The molecule has 47 heavy (non-hydrogen) atoms. The third-order valence-electron chi connectivity index (χ3n) is 7.19. The maximum Gasteiger partial charge on any atom is 0.472 e. The van der Waals surface area contributed by atoms with Crippen LogP contribution < -0.4 is 5.73 Å². The van der Waals surface area contributed by atoms with Crippen molar-refractivity contribution >= 4 is 19.8 Å². The van der Waals surface area contributed by atoms with Gasteiger partial charge < -0.3 is 20.1 Å². The molecule has 0 saturated heterocycles. The number of ether oxygens (including phenoxy) is 2. The van der Waals surface area contributed by atoms with Crippen molar-refractivity contribution in [2.24, 2.45) is 5.73 Å². The molecule has 2 atom stereocenters. The van der Waals surface area contributed by atoms with Crippen molar-refractivity contribution in [3.05, 3.63) is 48.6 Å². The third kappa shape index (κ3) is 33.7. The highest BCUT2D eigenvalue weighted by molar-refractivity contribution is 7.47. The largest absolute Gasteiger partial charge is 0.472 e. The molecule has 0 radical (unpaired) electrons. The highest BCUT2D eigenvalue weighted by atomic mass is 31.2. The molecule has 10 heteroatoms. The lowest BCUT2D eigenvalue weighted by Crippen LogP contribution is -2.29. The van der Waals surface area contributed by atoms with Crippen LogP contribution in [-0.4, -0.2) is 49.3 Å². The van der Waals surface area contributed by atoms with Crippen LogP contribution in [0.3, 0.4) is 0 Å². The van der Waals surface area contributed by atoms with Gasteiger partial charge in [-0.25, -0.2) is 4.57 Å². The van der Waals surface area contributed by atoms with Gasteiger partial charge in [0.1, 0.15) is 6.61 Å². The summed E-state index contributed by atoms with van der Waals surface area (Å²) in [6, 6.07) is 0. The van der Waals surface area contributed by atoms with Gasteiger partial charge in [-0.3, -0.25) is 18.6 Å². The molecule has 0 aromatic heterocycles. The maximum atomic E-state index is 12.5. The van der Waals surface area contributed by atoms with Crippen LogP contribution in [0.5, 0.6) is 0 Å². The first-order valence-electron chi connectivity index (χ1n) is 18.1. The summed E-state index contributed by atoms with van der Waals surface area (Å²) >= 11 is 0. The molecule has 9 nitrogen and oxygen atoms in total. The average molecular weight is 684 g/mol. The summed E-state index contributed by atoms with van der Waals surface area (Å²) in [7, 11) is -4.38. The molecule has 0 rings (SSSR count). The van der Waals surface area contributed by atoms with E-state index in [1.54, 1.807) is 0 Å². The molecule has 0 aromatic carbocycles. The highest BCUT2D eigenvalue weighted by Gasteiger charge is 2.25. The second kappa shape index (κ2) is 33.9. The normalized spacial score (nSPS) is 14.0. The fourth-order valence-electron chi connectivity index (χ4n) is 4.44. The van der Waals surface area contributed by atoms with Gasteiger partial charge in [-0.2, -0.15) is 0 Å². The first-order chi connectivity index (χ1) is 22.8. The molecule has 0 aliphatic heterocycles. The Morgan fingerprint density at radius 1 is 0.638 bits per heavy atom. The van der Waals surface area contributed by atoms with E-state index in [1.807, 2.05) is 0 Å². The molecule has 0 bridgehead atoms. The summed E-state index contributed by atoms with van der Waals surface area (Å²) in [4.78, 5) is 34.6. The Morgan fingerprint density at radius 3 is 1.77 bits per heavy atom. The predicted octanol–water partition coefficient (Wildman–Crippen LogP) is 9.60. The van der Waals surface area contributed by atoms with Gasteiger partial charge in [-0.15, -0.1) is 0 Å². The zero-order chi connectivity index (χ0) is 34.7. The van der Waals surface area contributed by atoms with Crippen molar-refractivity contribution < 1.29 is 37.6 Å². The molecule has 0 heterocycles. The molecular weight excluding hydrogens is 617 g/mol. The molecule has 0 amide bonds. The molecule has 0 aliphatic rings. The smallest absolute Gasteiger partial charge is 0.462 e. The summed E-state index contributed by atoms with van der Waals surface area (Å²) in [6.45, 7) is 3.57. The van der Waals surface area contributed by atoms with Crippen LogP contribution in [0.1, 0.15) is 142 Å². The zero-order valence-electron chi connectivity index (χ0n) is 29.5. The van der Waals surface area contributed by atoms with Crippen molar-refractivity contribution in [2.45, 2.75) is 148 Å². The molecule has 0 fully saturated rings. The molecule has 0 aromatic rings. The Morgan fingerprint density at radius 2 is 1.13 bits per heavy atom. The highest BCUT2D eigenvalue weighted by Crippen LogP contribution is 2.43. The summed E-state index contributed by atoms with van der Waals surface area (Å²) in [5.74, 6) is -0.892. The Kier molecular flexibility index (Phi) is 32.4. The van der Waals surface area contributed by atoms with Crippen LogP contribution in [-0.2, 0) is 32.7 Å². The van der Waals surface area contributed by atoms with E-state index in [1.165, 1.54) is 32.1 Å². The molecule has 2 unspecified atom stereocenters. The van der Waals surface area contributed by atoms with E-state index in [2.05, 4.69) is 62.5 Å². The number of phosphoric ester groups is 1. The molecule has 0 spiro atoms. The lowest BCUT2D eigenvalue weighted by molar-refractivity contribution is -0.161. The van der Waals surface area contributed by atoms with Gasteiger partial charge in [0.2, 0.25) is 0 Å². The minimum Gasteiger partial charge on any atom is -0.462 e. The van der Waals surface area contributed by atoms with E-state index in [9.17, 15) is 19.0 Å². The number of nitrogens with two attached hydrogens (primary N) is 1. The van der Waals surface area contributed by atoms with Crippen LogP contribution >= 0.6 is 7.82 Å². The van der Waals surface area contributed by atoms with Gasteiger partial charge >= 0.3 is 19.8 Å². The fraction of sp³-hybridized carbons (Fsp3) is 0.730. The van der Waals surface area contributed by atoms with E-state index >= 15 is 0 Å².